The zero-order valence-electron chi connectivity index (χ0n) is 10.4. The molecule has 1 rings (SSSR count). The minimum absolute atomic E-state index is 0.0996. The Kier molecular flexibility index (Phi) is 4.34. The van der Waals surface area contributed by atoms with Gasteiger partial charge in [-0.3, -0.25) is 0 Å². The lowest BCUT2D eigenvalue weighted by Crippen LogP contribution is -2.44. The van der Waals surface area contributed by atoms with Crippen molar-refractivity contribution in [1.29, 1.82) is 0 Å². The summed E-state index contributed by atoms with van der Waals surface area (Å²) in [4.78, 5) is 1.95. The quantitative estimate of drug-likeness (QED) is 0.745. The number of likely N-dealkylation sites (N-methyl/N-ethyl adjacent to an activating group) is 1. The predicted molar refractivity (Wildman–Crippen MR) is 63.7 cm³/mol. The van der Waals surface area contributed by atoms with Crippen molar-refractivity contribution in [2.45, 2.75) is 37.7 Å². The van der Waals surface area contributed by atoms with E-state index in [9.17, 15) is 13.5 Å². The topological polar surface area (TPSA) is 60.9 Å². The van der Waals surface area contributed by atoms with Gasteiger partial charge in [-0.05, 0) is 34.4 Å². The third-order valence-corrected chi connectivity index (χ3v) is 5.13. The van der Waals surface area contributed by atoms with E-state index in [2.05, 4.69) is 0 Å². The summed E-state index contributed by atoms with van der Waals surface area (Å²) in [5.74, 6) is 0. The Balaban J connectivity index is 2.85. The van der Waals surface area contributed by atoms with Gasteiger partial charge in [-0.15, -0.1) is 0 Å². The number of β-amino-alcohol motifs (C(OH)–C–C–N with tert-alkyl or cyclic N) is 1. The number of aliphatic hydroxyl groups excluding tert-OH is 1. The maximum Gasteiger partial charge on any atom is 0.216 e. The Bertz CT molecular complexity index is 327. The molecule has 0 aromatic heterocycles. The summed E-state index contributed by atoms with van der Waals surface area (Å²) in [7, 11) is 0.558. The summed E-state index contributed by atoms with van der Waals surface area (Å²) >= 11 is 0. The van der Waals surface area contributed by atoms with Crippen LogP contribution in [0.25, 0.3) is 0 Å². The van der Waals surface area contributed by atoms with Gasteiger partial charge in [-0.2, -0.15) is 4.31 Å². The molecular weight excluding hydrogens is 228 g/mol. The molecule has 5 nitrogen and oxygen atoms in total. The van der Waals surface area contributed by atoms with E-state index in [1.165, 1.54) is 4.31 Å². The second kappa shape index (κ2) is 5.00. The lowest BCUT2D eigenvalue weighted by Gasteiger charge is -2.27. The SMILES string of the molecule is CC(C)S(=O)(=O)N1CC(O)CC1CN(C)C. The van der Waals surface area contributed by atoms with Crippen LogP contribution >= 0.6 is 0 Å². The average molecular weight is 250 g/mol. The number of hydrogen-bond donors (Lipinski definition) is 1. The van der Waals surface area contributed by atoms with Crippen LogP contribution in [0.3, 0.4) is 0 Å². The van der Waals surface area contributed by atoms with E-state index in [1.54, 1.807) is 13.8 Å². The van der Waals surface area contributed by atoms with Crippen LogP contribution in [-0.2, 0) is 10.0 Å². The molecule has 1 saturated heterocycles. The molecule has 0 aromatic rings. The highest BCUT2D eigenvalue weighted by Gasteiger charge is 2.39. The first-order valence-corrected chi connectivity index (χ1v) is 7.09. The maximum atomic E-state index is 12.1. The van der Waals surface area contributed by atoms with Crippen LogP contribution in [0.2, 0.25) is 0 Å². The molecule has 1 heterocycles. The first-order chi connectivity index (χ1) is 7.25. The minimum Gasteiger partial charge on any atom is -0.392 e. The van der Waals surface area contributed by atoms with Gasteiger partial charge < -0.3 is 10.0 Å². The molecule has 1 aliphatic heterocycles. The van der Waals surface area contributed by atoms with Crippen molar-refractivity contribution in [3.63, 3.8) is 0 Å². The zero-order valence-corrected chi connectivity index (χ0v) is 11.2. The highest BCUT2D eigenvalue weighted by Crippen LogP contribution is 2.24. The number of aliphatic hydroxyl groups is 1. The van der Waals surface area contributed by atoms with Crippen LogP contribution in [0.5, 0.6) is 0 Å². The molecule has 0 bridgehead atoms. The molecule has 96 valence electrons. The molecule has 1 N–H and O–H groups in total. The summed E-state index contributed by atoms with van der Waals surface area (Å²) in [5.41, 5.74) is 0. The molecule has 0 aromatic carbocycles. The number of nitrogens with zero attached hydrogens (tertiary/aromatic N) is 2. The molecule has 0 saturated carbocycles. The summed E-state index contributed by atoms with van der Waals surface area (Å²) in [6, 6.07) is -0.0996. The summed E-state index contributed by atoms with van der Waals surface area (Å²) in [6.07, 6.45) is 0.00269. The largest absolute Gasteiger partial charge is 0.392 e. The third kappa shape index (κ3) is 2.94. The van der Waals surface area contributed by atoms with E-state index in [1.807, 2.05) is 19.0 Å². The monoisotopic (exact) mass is 250 g/mol. The van der Waals surface area contributed by atoms with Gasteiger partial charge in [0.05, 0.1) is 11.4 Å². The highest BCUT2D eigenvalue weighted by atomic mass is 32.2. The van der Waals surface area contributed by atoms with E-state index in [4.69, 9.17) is 0 Å². The molecule has 1 aliphatic rings. The summed E-state index contributed by atoms with van der Waals surface area (Å²) < 4.78 is 25.6. The first-order valence-electron chi connectivity index (χ1n) is 5.58. The van der Waals surface area contributed by atoms with E-state index < -0.39 is 21.4 Å². The van der Waals surface area contributed by atoms with E-state index in [-0.39, 0.29) is 12.6 Å². The fourth-order valence-corrected chi connectivity index (χ4v) is 3.52. The van der Waals surface area contributed by atoms with Gasteiger partial charge in [0.2, 0.25) is 10.0 Å². The van der Waals surface area contributed by atoms with Crippen molar-refractivity contribution in [3.05, 3.63) is 0 Å². The average Bonchev–Trinajstić information content (AvgIpc) is 2.45. The standard InChI is InChI=1S/C10H22N2O3S/c1-8(2)16(14,15)12-7-10(13)5-9(12)6-11(3)4/h8-10,13H,5-7H2,1-4H3. The zero-order chi connectivity index (χ0) is 12.5. The van der Waals surface area contributed by atoms with Gasteiger partial charge in [0.1, 0.15) is 0 Å². The summed E-state index contributed by atoms with van der Waals surface area (Å²) in [6.45, 7) is 4.24. The van der Waals surface area contributed by atoms with Crippen molar-refractivity contribution in [2.24, 2.45) is 0 Å². The smallest absolute Gasteiger partial charge is 0.216 e. The van der Waals surface area contributed by atoms with Gasteiger partial charge in [0, 0.05) is 19.1 Å². The molecule has 1 fully saturated rings. The Morgan fingerprint density at radius 2 is 2.00 bits per heavy atom. The molecule has 2 unspecified atom stereocenters. The van der Waals surface area contributed by atoms with Crippen LogP contribution < -0.4 is 0 Å². The summed E-state index contributed by atoms with van der Waals surface area (Å²) in [5, 5.41) is 9.18. The van der Waals surface area contributed by atoms with E-state index in [0.29, 0.717) is 13.0 Å². The van der Waals surface area contributed by atoms with Crippen molar-refractivity contribution < 1.29 is 13.5 Å². The van der Waals surface area contributed by atoms with Crippen molar-refractivity contribution in [3.8, 4) is 0 Å². The molecule has 0 radical (unpaired) electrons. The van der Waals surface area contributed by atoms with Crippen LogP contribution in [0.1, 0.15) is 20.3 Å². The molecule has 0 aliphatic carbocycles. The fourth-order valence-electron chi connectivity index (χ4n) is 2.03. The lowest BCUT2D eigenvalue weighted by molar-refractivity contribution is 0.188. The Morgan fingerprint density at radius 3 is 2.44 bits per heavy atom. The Morgan fingerprint density at radius 1 is 1.44 bits per heavy atom. The van der Waals surface area contributed by atoms with Gasteiger partial charge in [0.25, 0.3) is 0 Å². The molecule has 0 spiro atoms. The normalized spacial score (nSPS) is 28.2. The predicted octanol–water partition coefficient (Wildman–Crippen LogP) is -0.279. The van der Waals surface area contributed by atoms with Crippen molar-refractivity contribution >= 4 is 10.0 Å². The van der Waals surface area contributed by atoms with E-state index >= 15 is 0 Å². The van der Waals surface area contributed by atoms with Crippen molar-refractivity contribution in [1.82, 2.24) is 9.21 Å². The number of hydrogen-bond acceptors (Lipinski definition) is 4. The first kappa shape index (κ1) is 13.9. The highest BCUT2D eigenvalue weighted by molar-refractivity contribution is 7.89. The van der Waals surface area contributed by atoms with Gasteiger partial charge in [-0.1, -0.05) is 0 Å². The second-order valence-electron chi connectivity index (χ2n) is 4.97. The Labute approximate surface area is 98.1 Å². The Hall–Kier alpha value is -0.170. The molecular formula is C10H22N2O3S. The molecule has 16 heavy (non-hydrogen) atoms. The maximum absolute atomic E-state index is 12.1. The molecule has 6 heteroatoms. The minimum atomic E-state index is -3.26. The fraction of sp³-hybridized carbons (Fsp3) is 1.00. The van der Waals surface area contributed by atoms with Crippen LogP contribution in [0.15, 0.2) is 0 Å². The number of rotatable bonds is 4. The van der Waals surface area contributed by atoms with E-state index in [0.717, 1.165) is 0 Å². The van der Waals surface area contributed by atoms with Gasteiger partial charge >= 0.3 is 0 Å². The van der Waals surface area contributed by atoms with Gasteiger partial charge in [0.15, 0.2) is 0 Å². The second-order valence-corrected chi connectivity index (χ2v) is 7.41. The third-order valence-electron chi connectivity index (χ3n) is 2.84. The lowest BCUT2D eigenvalue weighted by atomic mass is 10.2. The van der Waals surface area contributed by atoms with Gasteiger partial charge in [-0.25, -0.2) is 8.42 Å². The van der Waals surface area contributed by atoms with Crippen LogP contribution in [0, 0.1) is 0 Å². The molecule has 0 amide bonds. The number of sulfonamides is 1. The van der Waals surface area contributed by atoms with Crippen LogP contribution in [-0.4, -0.2) is 67.3 Å². The van der Waals surface area contributed by atoms with Crippen molar-refractivity contribution in [2.75, 3.05) is 27.2 Å². The van der Waals surface area contributed by atoms with Crippen LogP contribution in [0.4, 0.5) is 0 Å². The molecule has 2 atom stereocenters.